The number of unbranched alkanes of at least 4 members (excludes halogenated alkanes) is 1. The minimum absolute atomic E-state index is 0.114. The molecule has 6 heteroatoms. The summed E-state index contributed by atoms with van der Waals surface area (Å²) in [7, 11) is -3.12. The maximum Gasteiger partial charge on any atom is 0.178 e. The molecular weight excluding hydrogens is 378 g/mol. The van der Waals surface area contributed by atoms with Crippen molar-refractivity contribution < 1.29 is 13.2 Å². The number of hydrogen-bond acceptors (Lipinski definition) is 4. The van der Waals surface area contributed by atoms with E-state index in [4.69, 9.17) is 0 Å². The van der Waals surface area contributed by atoms with Crippen molar-refractivity contribution in [2.75, 3.05) is 5.75 Å². The molecule has 0 amide bonds. The predicted molar refractivity (Wildman–Crippen MR) is 112 cm³/mol. The fraction of sp³-hybridized carbons (Fsp3) is 0.286. The Morgan fingerprint density at radius 1 is 1.07 bits per heavy atom. The topological polar surface area (TPSA) is 60.2 Å². The van der Waals surface area contributed by atoms with Gasteiger partial charge in [-0.25, -0.2) is 13.2 Å². The molecule has 1 aliphatic rings. The Kier molecular flexibility index (Phi) is 6.74. The summed E-state index contributed by atoms with van der Waals surface area (Å²) >= 11 is 1.52. The third-order valence-electron chi connectivity index (χ3n) is 4.38. The van der Waals surface area contributed by atoms with E-state index >= 15 is 0 Å². The van der Waals surface area contributed by atoms with E-state index in [-0.39, 0.29) is 5.75 Å². The fourth-order valence-electron chi connectivity index (χ4n) is 3.01. The van der Waals surface area contributed by atoms with Gasteiger partial charge in [-0.3, -0.25) is 0 Å². The molecule has 2 aromatic carbocycles. The molecule has 0 aliphatic carbocycles. The monoisotopic (exact) mass is 401 g/mol. The Morgan fingerprint density at radius 3 is 2.44 bits per heavy atom. The van der Waals surface area contributed by atoms with Gasteiger partial charge in [0.2, 0.25) is 0 Å². The van der Waals surface area contributed by atoms with E-state index in [0.717, 1.165) is 20.1 Å². The van der Waals surface area contributed by atoms with Crippen molar-refractivity contribution >= 4 is 27.8 Å². The van der Waals surface area contributed by atoms with Crippen LogP contribution in [0.1, 0.15) is 24.8 Å². The van der Waals surface area contributed by atoms with Gasteiger partial charge in [0.05, 0.1) is 11.0 Å². The number of rotatable bonds is 8. The second-order valence-corrected chi connectivity index (χ2v) is 9.99. The molecule has 1 atom stereocenters. The smallest absolute Gasteiger partial charge is 0.178 e. The molecule has 2 aromatic rings. The molecule has 1 heterocycles. The summed E-state index contributed by atoms with van der Waals surface area (Å²) < 4.78 is 25.7. The van der Waals surface area contributed by atoms with Gasteiger partial charge in [-0.15, -0.1) is 0 Å². The van der Waals surface area contributed by atoms with Crippen molar-refractivity contribution in [1.29, 1.82) is 0 Å². The van der Waals surface area contributed by atoms with Crippen molar-refractivity contribution in [2.24, 2.45) is 0 Å². The molecule has 0 saturated carbocycles. The highest BCUT2D eigenvalue weighted by atomic mass is 32.2. The molecule has 0 N–H and O–H groups in total. The van der Waals surface area contributed by atoms with Crippen molar-refractivity contribution in [3.8, 4) is 0 Å². The van der Waals surface area contributed by atoms with Crippen molar-refractivity contribution in [3.05, 3.63) is 82.4 Å². The summed E-state index contributed by atoms with van der Waals surface area (Å²) in [6.45, 7) is 0.320. The molecule has 3 rings (SSSR count). The van der Waals surface area contributed by atoms with Crippen molar-refractivity contribution in [3.63, 3.8) is 0 Å². The normalized spacial score (nSPS) is 19.0. The van der Waals surface area contributed by atoms with Crippen LogP contribution in [0.3, 0.4) is 0 Å². The molecule has 1 aliphatic heterocycles. The molecule has 0 bridgehead atoms. The molecule has 0 radical (unpaired) electrons. The maximum absolute atomic E-state index is 12.4. The Hall–Kier alpha value is -2.05. The standard InChI is InChI=1S/C21H23NO3S2/c23-22(16-18-9-3-1-4-10-18)14-8-7-13-21-15-20(17-27(21,24)25)26-19-11-5-2-6-12-19/h1-6,9-12,14-15,21H,7-8,13,16-17H2/b22-14+. The Labute approximate surface area is 165 Å². The average molecular weight is 402 g/mol. The molecule has 0 saturated heterocycles. The summed E-state index contributed by atoms with van der Waals surface area (Å²) in [6.07, 6.45) is 5.30. The van der Waals surface area contributed by atoms with E-state index in [1.807, 2.05) is 66.7 Å². The van der Waals surface area contributed by atoms with Gasteiger partial charge in [0, 0.05) is 21.8 Å². The molecule has 0 spiro atoms. The lowest BCUT2D eigenvalue weighted by molar-refractivity contribution is -0.471. The summed E-state index contributed by atoms with van der Waals surface area (Å²) in [4.78, 5) is 1.94. The van der Waals surface area contributed by atoms with E-state index in [2.05, 4.69) is 0 Å². The number of thioether (sulfide) groups is 1. The van der Waals surface area contributed by atoms with Gasteiger partial charge in [0.1, 0.15) is 0 Å². The first kappa shape index (κ1) is 19.7. The van der Waals surface area contributed by atoms with Gasteiger partial charge in [-0.05, 0) is 25.0 Å². The average Bonchev–Trinajstić information content (AvgIpc) is 2.93. The van der Waals surface area contributed by atoms with E-state index in [9.17, 15) is 13.6 Å². The first-order chi connectivity index (χ1) is 13.0. The third kappa shape index (κ3) is 5.97. The first-order valence-corrected chi connectivity index (χ1v) is 11.5. The number of nitrogens with zero attached hydrogens (tertiary/aromatic N) is 1. The zero-order valence-corrected chi connectivity index (χ0v) is 16.7. The van der Waals surface area contributed by atoms with Crippen LogP contribution in [-0.4, -0.2) is 30.4 Å². The summed E-state index contributed by atoms with van der Waals surface area (Å²) in [5.74, 6) is 0.114. The van der Waals surface area contributed by atoms with Crippen molar-refractivity contribution in [1.82, 2.24) is 0 Å². The van der Waals surface area contributed by atoms with Gasteiger partial charge in [0.15, 0.2) is 22.6 Å². The maximum atomic E-state index is 12.4. The molecule has 142 valence electrons. The number of hydroxylamine groups is 1. The number of hydrogen-bond donors (Lipinski definition) is 0. The molecule has 1 unspecified atom stereocenters. The SMILES string of the molecule is O=S1(=O)CC(Sc2ccccc2)=CC1CCC/C=[N+](/[O-])Cc1ccccc1. The minimum atomic E-state index is -3.12. The molecule has 4 nitrogen and oxygen atoms in total. The van der Waals surface area contributed by atoms with Crippen LogP contribution in [0.4, 0.5) is 0 Å². The van der Waals surface area contributed by atoms with E-state index in [1.165, 1.54) is 11.8 Å². The lowest BCUT2D eigenvalue weighted by Crippen LogP contribution is -2.16. The van der Waals surface area contributed by atoms with Crippen LogP contribution in [0.2, 0.25) is 0 Å². The second-order valence-electron chi connectivity index (χ2n) is 6.57. The van der Waals surface area contributed by atoms with Gasteiger partial charge >= 0.3 is 0 Å². The Balaban J connectivity index is 1.50. The van der Waals surface area contributed by atoms with Crippen molar-refractivity contribution in [2.45, 2.75) is 36.0 Å². The highest BCUT2D eigenvalue weighted by Gasteiger charge is 2.31. The summed E-state index contributed by atoms with van der Waals surface area (Å²) in [5.41, 5.74) is 0.965. The van der Waals surface area contributed by atoms with E-state index in [1.54, 1.807) is 6.21 Å². The summed E-state index contributed by atoms with van der Waals surface area (Å²) in [5, 5.41) is 11.5. The largest absolute Gasteiger partial charge is 0.624 e. The highest BCUT2D eigenvalue weighted by Crippen LogP contribution is 2.34. The van der Waals surface area contributed by atoms with Gasteiger partial charge < -0.3 is 5.21 Å². The van der Waals surface area contributed by atoms with Crippen LogP contribution >= 0.6 is 11.8 Å². The Morgan fingerprint density at radius 2 is 1.74 bits per heavy atom. The quantitative estimate of drug-likeness (QED) is 0.216. The van der Waals surface area contributed by atoms with Crippen LogP contribution in [0, 0.1) is 5.21 Å². The summed E-state index contributed by atoms with van der Waals surface area (Å²) in [6, 6.07) is 19.4. The fourth-order valence-corrected chi connectivity index (χ4v) is 6.26. The number of sulfone groups is 1. The number of benzene rings is 2. The third-order valence-corrected chi connectivity index (χ3v) is 7.62. The Bertz CT molecular complexity index is 907. The molecule has 27 heavy (non-hydrogen) atoms. The van der Waals surface area contributed by atoms with Crippen LogP contribution in [-0.2, 0) is 16.4 Å². The zero-order valence-electron chi connectivity index (χ0n) is 15.0. The van der Waals surface area contributed by atoms with Crippen LogP contribution in [0.25, 0.3) is 0 Å². The lowest BCUT2D eigenvalue weighted by Gasteiger charge is -2.07. The lowest BCUT2D eigenvalue weighted by atomic mass is 10.2. The predicted octanol–water partition coefficient (Wildman–Crippen LogP) is 4.41. The highest BCUT2D eigenvalue weighted by molar-refractivity contribution is 8.05. The van der Waals surface area contributed by atoms with E-state index < -0.39 is 15.1 Å². The van der Waals surface area contributed by atoms with Gasteiger partial charge in [-0.2, -0.15) is 0 Å². The van der Waals surface area contributed by atoms with Crippen LogP contribution in [0.5, 0.6) is 0 Å². The second kappa shape index (κ2) is 9.24. The zero-order chi connectivity index (χ0) is 19.1. The first-order valence-electron chi connectivity index (χ1n) is 8.99. The molecule has 0 aromatic heterocycles. The van der Waals surface area contributed by atoms with Crippen LogP contribution < -0.4 is 0 Å². The van der Waals surface area contributed by atoms with E-state index in [0.29, 0.717) is 25.8 Å². The van der Waals surface area contributed by atoms with Gasteiger partial charge in [-0.1, -0.05) is 66.4 Å². The molecule has 0 fully saturated rings. The van der Waals surface area contributed by atoms with Gasteiger partial charge in [0.25, 0.3) is 0 Å². The minimum Gasteiger partial charge on any atom is -0.624 e. The van der Waals surface area contributed by atoms with Crippen LogP contribution in [0.15, 0.2) is 76.5 Å². The molecular formula is C21H23NO3S2.